The molecular weight excluding hydrogens is 356 g/mol. The number of benzene rings is 1. The van der Waals surface area contributed by atoms with Crippen LogP contribution in [-0.4, -0.2) is 55.6 Å². The smallest absolute Gasteiger partial charge is 0.325 e. The van der Waals surface area contributed by atoms with Crippen molar-refractivity contribution in [3.8, 4) is 11.5 Å². The third-order valence-electron chi connectivity index (χ3n) is 4.44. The molecule has 2 aliphatic heterocycles. The molecule has 1 unspecified atom stereocenters. The van der Waals surface area contributed by atoms with E-state index in [0.29, 0.717) is 30.3 Å². The minimum atomic E-state index is -1.29. The van der Waals surface area contributed by atoms with Gasteiger partial charge in [-0.2, -0.15) is 0 Å². The number of rotatable bonds is 4. The Morgan fingerprint density at radius 3 is 2.63 bits per heavy atom. The van der Waals surface area contributed by atoms with E-state index < -0.39 is 29.4 Å². The summed E-state index contributed by atoms with van der Waals surface area (Å²) >= 11 is 0. The lowest BCUT2D eigenvalue weighted by molar-refractivity contribution is -0.131. The third-order valence-corrected chi connectivity index (χ3v) is 4.44. The molecule has 144 valence electrons. The largest absolute Gasteiger partial charge is 0.486 e. The van der Waals surface area contributed by atoms with Gasteiger partial charge in [-0.1, -0.05) is 6.07 Å². The molecule has 0 saturated carbocycles. The van der Waals surface area contributed by atoms with Gasteiger partial charge in [0.2, 0.25) is 5.91 Å². The number of carbonyl (C=O) groups is 4. The summed E-state index contributed by atoms with van der Waals surface area (Å²) in [7, 11) is 1.37. The normalized spacial score (nSPS) is 20.9. The van der Waals surface area contributed by atoms with E-state index in [4.69, 9.17) is 9.47 Å². The van der Waals surface area contributed by atoms with Crippen molar-refractivity contribution in [1.82, 2.24) is 20.9 Å². The van der Waals surface area contributed by atoms with Crippen LogP contribution in [0.3, 0.4) is 0 Å². The quantitative estimate of drug-likeness (QED) is 0.639. The highest BCUT2D eigenvalue weighted by Crippen LogP contribution is 2.36. The number of hydrogen-bond acceptors (Lipinski definition) is 6. The molecule has 0 bridgehead atoms. The van der Waals surface area contributed by atoms with Gasteiger partial charge in [0, 0.05) is 20.0 Å². The van der Waals surface area contributed by atoms with E-state index in [9.17, 15) is 19.2 Å². The van der Waals surface area contributed by atoms with E-state index in [0.717, 1.165) is 4.90 Å². The summed E-state index contributed by atoms with van der Waals surface area (Å²) in [6.45, 7) is 2.29. The van der Waals surface area contributed by atoms with Gasteiger partial charge >= 0.3 is 12.1 Å². The highest BCUT2D eigenvalue weighted by molar-refractivity contribution is 6.07. The molecule has 0 aromatic heterocycles. The van der Waals surface area contributed by atoms with Crippen LogP contribution in [0.5, 0.6) is 11.5 Å². The zero-order valence-electron chi connectivity index (χ0n) is 15.0. The molecule has 3 rings (SSSR count). The van der Waals surface area contributed by atoms with E-state index in [1.54, 1.807) is 25.1 Å². The van der Waals surface area contributed by atoms with Crippen molar-refractivity contribution in [1.29, 1.82) is 0 Å². The van der Waals surface area contributed by atoms with Crippen LogP contribution in [0, 0.1) is 0 Å². The lowest BCUT2D eigenvalue weighted by Gasteiger charge is -2.25. The fraction of sp³-hybridized carbons (Fsp3) is 0.412. The van der Waals surface area contributed by atoms with E-state index in [1.807, 2.05) is 0 Å². The minimum absolute atomic E-state index is 0.145. The maximum Gasteiger partial charge on any atom is 0.325 e. The van der Waals surface area contributed by atoms with E-state index in [-0.39, 0.29) is 13.0 Å². The van der Waals surface area contributed by atoms with Crippen molar-refractivity contribution < 1.29 is 28.7 Å². The van der Waals surface area contributed by atoms with Crippen LogP contribution in [0.25, 0.3) is 0 Å². The molecule has 0 aliphatic carbocycles. The molecule has 1 fully saturated rings. The molecule has 27 heavy (non-hydrogen) atoms. The zero-order valence-corrected chi connectivity index (χ0v) is 15.0. The van der Waals surface area contributed by atoms with Gasteiger partial charge in [0.1, 0.15) is 18.8 Å². The summed E-state index contributed by atoms with van der Waals surface area (Å²) in [6, 6.07) is 3.78. The number of fused-ring (bicyclic) bond motifs is 1. The van der Waals surface area contributed by atoms with Gasteiger partial charge in [0.25, 0.3) is 5.91 Å². The Morgan fingerprint density at radius 2 is 1.93 bits per heavy atom. The summed E-state index contributed by atoms with van der Waals surface area (Å²) in [4.78, 5) is 48.9. The molecule has 1 aromatic rings. The average molecular weight is 376 g/mol. The van der Waals surface area contributed by atoms with Crippen molar-refractivity contribution in [2.24, 2.45) is 0 Å². The summed E-state index contributed by atoms with van der Waals surface area (Å²) in [5.41, 5.74) is -0.744. The summed E-state index contributed by atoms with van der Waals surface area (Å²) in [5.74, 6) is -0.00154. The second-order valence-corrected chi connectivity index (χ2v) is 6.25. The molecule has 10 nitrogen and oxygen atoms in total. The number of carbonyl (C=O) groups excluding carboxylic acids is 4. The first kappa shape index (κ1) is 18.5. The number of nitrogens with one attached hydrogen (secondary N) is 3. The van der Waals surface area contributed by atoms with Crippen molar-refractivity contribution in [2.75, 3.05) is 26.8 Å². The van der Waals surface area contributed by atoms with Gasteiger partial charge in [0.15, 0.2) is 11.5 Å². The molecule has 0 radical (unpaired) electrons. The highest BCUT2D eigenvalue weighted by atomic mass is 16.6. The topological polar surface area (TPSA) is 126 Å². The fourth-order valence-corrected chi connectivity index (χ4v) is 2.92. The molecule has 10 heteroatoms. The monoisotopic (exact) mass is 376 g/mol. The lowest BCUT2D eigenvalue weighted by atomic mass is 9.91. The Balaban J connectivity index is 1.73. The van der Waals surface area contributed by atoms with E-state index in [2.05, 4.69) is 16.0 Å². The number of imide groups is 2. The Kier molecular flexibility index (Phi) is 4.89. The number of nitrogens with zero attached hydrogens (tertiary/aromatic N) is 1. The summed E-state index contributed by atoms with van der Waals surface area (Å²) in [5, 5.41) is 6.99. The summed E-state index contributed by atoms with van der Waals surface area (Å²) in [6.07, 6.45) is -0.191. The number of hydrogen-bond donors (Lipinski definition) is 3. The molecule has 2 aliphatic rings. The maximum atomic E-state index is 12.9. The van der Waals surface area contributed by atoms with Crippen molar-refractivity contribution in [3.63, 3.8) is 0 Å². The highest BCUT2D eigenvalue weighted by Gasteiger charge is 2.49. The van der Waals surface area contributed by atoms with Crippen molar-refractivity contribution in [2.45, 2.75) is 18.9 Å². The predicted octanol–water partition coefficient (Wildman–Crippen LogP) is 0.0705. The molecule has 3 N–H and O–H groups in total. The zero-order chi connectivity index (χ0) is 19.6. The molecule has 1 atom stereocenters. The van der Waals surface area contributed by atoms with Crippen molar-refractivity contribution in [3.05, 3.63) is 23.8 Å². The van der Waals surface area contributed by atoms with Gasteiger partial charge in [-0.15, -0.1) is 0 Å². The van der Waals surface area contributed by atoms with Crippen LogP contribution in [-0.2, 0) is 15.1 Å². The molecule has 1 saturated heterocycles. The fourth-order valence-electron chi connectivity index (χ4n) is 2.92. The number of amides is 6. The van der Waals surface area contributed by atoms with Gasteiger partial charge in [-0.3, -0.25) is 19.8 Å². The van der Waals surface area contributed by atoms with Crippen LogP contribution in [0.1, 0.15) is 18.9 Å². The first-order valence-corrected chi connectivity index (χ1v) is 8.41. The summed E-state index contributed by atoms with van der Waals surface area (Å²) < 4.78 is 11.0. The van der Waals surface area contributed by atoms with Crippen LogP contribution in [0.4, 0.5) is 9.59 Å². The van der Waals surface area contributed by atoms with Crippen LogP contribution >= 0.6 is 0 Å². The Labute approximate surface area is 155 Å². The predicted molar refractivity (Wildman–Crippen MR) is 92.2 cm³/mol. The Hall–Kier alpha value is -3.30. The second-order valence-electron chi connectivity index (χ2n) is 6.25. The molecule has 0 spiro atoms. The van der Waals surface area contributed by atoms with Gasteiger partial charge < -0.3 is 20.1 Å². The SMILES string of the molecule is CNC(=O)NC(=O)CCN1C(=O)NC(C)(c2ccc3c(c2)OCCO3)C1=O. The molecule has 2 heterocycles. The van der Waals surface area contributed by atoms with Crippen LogP contribution in [0.2, 0.25) is 0 Å². The molecule has 1 aromatic carbocycles. The Bertz CT molecular complexity index is 811. The van der Waals surface area contributed by atoms with Gasteiger partial charge in [0.05, 0.1) is 0 Å². The van der Waals surface area contributed by atoms with Gasteiger partial charge in [-0.05, 0) is 24.6 Å². The van der Waals surface area contributed by atoms with Gasteiger partial charge in [-0.25, -0.2) is 9.59 Å². The lowest BCUT2D eigenvalue weighted by Crippen LogP contribution is -2.42. The number of urea groups is 2. The van der Waals surface area contributed by atoms with E-state index >= 15 is 0 Å². The first-order valence-electron chi connectivity index (χ1n) is 8.41. The van der Waals surface area contributed by atoms with Crippen LogP contribution < -0.4 is 25.4 Å². The molecule has 6 amide bonds. The standard InChI is InChI=1S/C17H20N4O6/c1-17(10-3-4-11-12(9-10)27-8-7-26-11)14(23)21(16(25)20-17)6-5-13(22)19-15(24)18-2/h3-4,9H,5-8H2,1-2H3,(H,20,25)(H2,18,19,22,24). The minimum Gasteiger partial charge on any atom is -0.486 e. The third kappa shape index (κ3) is 3.50. The van der Waals surface area contributed by atoms with Crippen molar-refractivity contribution >= 4 is 23.9 Å². The first-order chi connectivity index (χ1) is 12.8. The average Bonchev–Trinajstić information content (AvgIpc) is 2.89. The van der Waals surface area contributed by atoms with Crippen LogP contribution in [0.15, 0.2) is 18.2 Å². The Morgan fingerprint density at radius 1 is 1.22 bits per heavy atom. The van der Waals surface area contributed by atoms with E-state index in [1.165, 1.54) is 7.05 Å². The second kappa shape index (κ2) is 7.14. The molecular formula is C17H20N4O6. The number of ether oxygens (including phenoxy) is 2. The maximum absolute atomic E-state index is 12.9.